The van der Waals surface area contributed by atoms with Crippen LogP contribution in [0.1, 0.15) is 42.6 Å². The summed E-state index contributed by atoms with van der Waals surface area (Å²) in [5.74, 6) is -0.203. The Hall–Kier alpha value is -2.47. The maximum atomic E-state index is 13.6. The fourth-order valence-corrected chi connectivity index (χ4v) is 4.45. The van der Waals surface area contributed by atoms with Crippen molar-refractivity contribution in [3.05, 3.63) is 42.2 Å². The monoisotopic (exact) mass is 381 g/mol. The summed E-state index contributed by atoms with van der Waals surface area (Å²) in [6.45, 7) is 2.21. The van der Waals surface area contributed by atoms with E-state index in [9.17, 15) is 9.59 Å². The number of hydrogen-bond acceptors (Lipinski definition) is 4. The molecule has 148 valence electrons. The number of pyridine rings is 1. The molecule has 6 heteroatoms. The smallest absolute Gasteiger partial charge is 0.273 e. The zero-order valence-corrected chi connectivity index (χ0v) is 16.1. The van der Waals surface area contributed by atoms with Crippen LogP contribution in [0.5, 0.6) is 0 Å². The molecule has 1 aliphatic heterocycles. The van der Waals surface area contributed by atoms with Crippen molar-refractivity contribution in [1.29, 1.82) is 0 Å². The molecule has 2 aliphatic rings. The molecule has 1 aromatic heterocycles. The van der Waals surface area contributed by atoms with Crippen LogP contribution >= 0.6 is 0 Å². The fraction of sp³-hybridized carbons (Fsp3) is 0.500. The van der Waals surface area contributed by atoms with Crippen molar-refractivity contribution in [1.82, 2.24) is 15.2 Å². The number of nitrogens with zero attached hydrogens (tertiary/aromatic N) is 2. The van der Waals surface area contributed by atoms with Gasteiger partial charge in [-0.1, -0.05) is 37.1 Å². The number of nitrogens with one attached hydrogen (secondary N) is 1. The number of carbonyl (C=O) groups is 2. The Labute approximate surface area is 165 Å². The van der Waals surface area contributed by atoms with Crippen molar-refractivity contribution in [2.45, 2.75) is 38.1 Å². The second-order valence-electron chi connectivity index (χ2n) is 7.59. The van der Waals surface area contributed by atoms with Crippen LogP contribution in [0.4, 0.5) is 0 Å². The van der Waals surface area contributed by atoms with Gasteiger partial charge in [0.15, 0.2) is 0 Å². The SMILES string of the molecule is O=C1NCCOCCCN(C(=O)c2nccc3ccccc23)[C@H]2CCCC[C@@H]12. The highest BCUT2D eigenvalue weighted by atomic mass is 16.5. The number of carbonyl (C=O) groups excluding carboxylic acids is 2. The summed E-state index contributed by atoms with van der Waals surface area (Å²) in [6, 6.07) is 9.66. The predicted molar refractivity (Wildman–Crippen MR) is 107 cm³/mol. The van der Waals surface area contributed by atoms with E-state index in [1.165, 1.54) is 0 Å². The van der Waals surface area contributed by atoms with Crippen molar-refractivity contribution in [2.75, 3.05) is 26.3 Å². The zero-order chi connectivity index (χ0) is 19.3. The first kappa shape index (κ1) is 18.9. The Morgan fingerprint density at radius 1 is 1.11 bits per heavy atom. The Balaban J connectivity index is 1.70. The Morgan fingerprint density at radius 3 is 2.89 bits per heavy atom. The first-order valence-electron chi connectivity index (χ1n) is 10.3. The highest BCUT2D eigenvalue weighted by Gasteiger charge is 2.37. The first-order chi connectivity index (χ1) is 13.8. The molecule has 4 rings (SSSR count). The van der Waals surface area contributed by atoms with E-state index in [1.807, 2.05) is 35.2 Å². The molecule has 1 saturated heterocycles. The molecular weight excluding hydrogens is 354 g/mol. The van der Waals surface area contributed by atoms with Crippen molar-refractivity contribution in [2.24, 2.45) is 5.92 Å². The van der Waals surface area contributed by atoms with E-state index in [0.29, 0.717) is 32.0 Å². The normalized spacial score (nSPS) is 24.1. The lowest BCUT2D eigenvalue weighted by Crippen LogP contribution is -2.51. The molecule has 2 atom stereocenters. The molecule has 2 heterocycles. The third-order valence-corrected chi connectivity index (χ3v) is 5.84. The van der Waals surface area contributed by atoms with Crippen molar-refractivity contribution in [3.63, 3.8) is 0 Å². The van der Waals surface area contributed by atoms with Gasteiger partial charge < -0.3 is 15.0 Å². The summed E-state index contributed by atoms with van der Waals surface area (Å²) in [4.78, 5) is 32.7. The maximum Gasteiger partial charge on any atom is 0.273 e. The standard InChI is InChI=1S/C22H27N3O3/c26-21-18-8-3-4-9-19(18)25(13-5-14-28-15-12-24-21)22(27)20-17-7-2-1-6-16(17)10-11-23-20/h1-2,6-7,10-11,18-19H,3-5,8-9,12-15H2,(H,24,26)/t18-,19+/m1/s1. The minimum Gasteiger partial charge on any atom is -0.380 e. The zero-order valence-electron chi connectivity index (χ0n) is 16.1. The summed E-state index contributed by atoms with van der Waals surface area (Å²) in [5.41, 5.74) is 0.471. The van der Waals surface area contributed by atoms with Crippen LogP contribution in [-0.2, 0) is 9.53 Å². The average Bonchev–Trinajstić information content (AvgIpc) is 2.77. The predicted octanol–water partition coefficient (Wildman–Crippen LogP) is 2.77. The van der Waals surface area contributed by atoms with E-state index in [-0.39, 0.29) is 23.8 Å². The van der Waals surface area contributed by atoms with Gasteiger partial charge in [-0.25, -0.2) is 0 Å². The summed E-state index contributed by atoms with van der Waals surface area (Å²) < 4.78 is 5.60. The van der Waals surface area contributed by atoms with Gasteiger partial charge in [-0.05, 0) is 30.7 Å². The minimum atomic E-state index is -0.161. The number of aromatic nitrogens is 1. The van der Waals surface area contributed by atoms with Gasteiger partial charge in [-0.3, -0.25) is 14.6 Å². The number of ether oxygens (including phenoxy) is 1. The van der Waals surface area contributed by atoms with Crippen LogP contribution in [-0.4, -0.2) is 54.0 Å². The summed E-state index contributed by atoms with van der Waals surface area (Å²) in [5, 5.41) is 4.85. The van der Waals surface area contributed by atoms with Crippen LogP contribution in [0.25, 0.3) is 10.8 Å². The van der Waals surface area contributed by atoms with Crippen molar-refractivity contribution >= 4 is 22.6 Å². The highest BCUT2D eigenvalue weighted by molar-refractivity contribution is 6.05. The summed E-state index contributed by atoms with van der Waals surface area (Å²) >= 11 is 0. The van der Waals surface area contributed by atoms with Gasteiger partial charge in [0.2, 0.25) is 5.91 Å². The molecule has 1 aliphatic carbocycles. The van der Waals surface area contributed by atoms with Crippen molar-refractivity contribution in [3.8, 4) is 0 Å². The highest BCUT2D eigenvalue weighted by Crippen LogP contribution is 2.31. The Bertz CT molecular complexity index is 849. The molecule has 0 spiro atoms. The lowest BCUT2D eigenvalue weighted by molar-refractivity contribution is -0.128. The first-order valence-corrected chi connectivity index (χ1v) is 10.3. The van der Waals surface area contributed by atoms with Gasteiger partial charge in [-0.15, -0.1) is 0 Å². The molecule has 1 saturated carbocycles. The van der Waals surface area contributed by atoms with E-state index >= 15 is 0 Å². The largest absolute Gasteiger partial charge is 0.380 e. The third kappa shape index (κ3) is 3.87. The van der Waals surface area contributed by atoms with Gasteiger partial charge in [0, 0.05) is 37.3 Å². The second kappa shape index (κ2) is 8.69. The van der Waals surface area contributed by atoms with Crippen LogP contribution in [0.3, 0.4) is 0 Å². The number of benzene rings is 1. The van der Waals surface area contributed by atoms with Crippen LogP contribution in [0, 0.1) is 5.92 Å². The third-order valence-electron chi connectivity index (χ3n) is 5.84. The molecule has 0 bridgehead atoms. The molecule has 28 heavy (non-hydrogen) atoms. The molecule has 1 aromatic carbocycles. The van der Waals surface area contributed by atoms with E-state index in [1.54, 1.807) is 6.20 Å². The molecule has 1 N–H and O–H groups in total. The maximum absolute atomic E-state index is 13.6. The van der Waals surface area contributed by atoms with E-state index < -0.39 is 0 Å². The van der Waals surface area contributed by atoms with Crippen LogP contribution < -0.4 is 5.32 Å². The quantitative estimate of drug-likeness (QED) is 0.825. The van der Waals surface area contributed by atoms with Gasteiger partial charge in [-0.2, -0.15) is 0 Å². The van der Waals surface area contributed by atoms with E-state index in [2.05, 4.69) is 10.3 Å². The fourth-order valence-electron chi connectivity index (χ4n) is 4.45. The van der Waals surface area contributed by atoms with Crippen LogP contribution in [0.2, 0.25) is 0 Å². The van der Waals surface area contributed by atoms with Crippen molar-refractivity contribution < 1.29 is 14.3 Å². The number of rotatable bonds is 1. The molecule has 6 nitrogen and oxygen atoms in total. The lowest BCUT2D eigenvalue weighted by atomic mass is 9.82. The molecule has 0 radical (unpaired) electrons. The Kier molecular flexibility index (Phi) is 5.86. The summed E-state index contributed by atoms with van der Waals surface area (Å²) in [6.07, 6.45) is 6.20. The molecule has 2 aromatic rings. The van der Waals surface area contributed by atoms with Crippen LogP contribution in [0.15, 0.2) is 36.5 Å². The minimum absolute atomic E-state index is 0.0406. The second-order valence-corrected chi connectivity index (χ2v) is 7.59. The summed E-state index contributed by atoms with van der Waals surface area (Å²) in [7, 11) is 0. The molecule has 2 amide bonds. The van der Waals surface area contributed by atoms with Gasteiger partial charge in [0.05, 0.1) is 12.5 Å². The number of amides is 2. The number of fused-ring (bicyclic) bond motifs is 2. The molecular formula is C22H27N3O3. The Morgan fingerprint density at radius 2 is 1.96 bits per heavy atom. The number of hydrogen-bond donors (Lipinski definition) is 1. The van der Waals surface area contributed by atoms with E-state index in [0.717, 1.165) is 42.9 Å². The van der Waals surface area contributed by atoms with Gasteiger partial charge >= 0.3 is 0 Å². The molecule has 0 unspecified atom stereocenters. The lowest BCUT2D eigenvalue weighted by Gasteiger charge is -2.39. The molecule has 2 fully saturated rings. The topological polar surface area (TPSA) is 71.5 Å². The van der Waals surface area contributed by atoms with E-state index in [4.69, 9.17) is 4.74 Å². The average molecular weight is 381 g/mol. The van der Waals surface area contributed by atoms with Gasteiger partial charge in [0.25, 0.3) is 5.91 Å². The van der Waals surface area contributed by atoms with Gasteiger partial charge in [0.1, 0.15) is 5.69 Å².